The second-order valence-electron chi connectivity index (χ2n) is 7.38. The molecule has 1 aromatic carbocycles. The highest BCUT2D eigenvalue weighted by Crippen LogP contribution is 2.56. The van der Waals surface area contributed by atoms with Gasteiger partial charge in [0.15, 0.2) is 12.0 Å². The molecule has 0 spiro atoms. The molecule has 0 bridgehead atoms. The number of phosphoric ester groups is 1. The number of ether oxygens (including phenoxy) is 1. The highest BCUT2D eigenvalue weighted by atomic mass is 32.1. The van der Waals surface area contributed by atoms with Gasteiger partial charge in [0.2, 0.25) is 0 Å². The van der Waals surface area contributed by atoms with Gasteiger partial charge in [-0.3, -0.25) is 18.6 Å². The van der Waals surface area contributed by atoms with Gasteiger partial charge in [-0.15, -0.1) is 0 Å². The summed E-state index contributed by atoms with van der Waals surface area (Å²) in [5.74, 6) is -4.28. The lowest BCUT2D eigenvalue weighted by molar-refractivity contribution is -0.205. The molecule has 5 atom stereocenters. The molecular weight excluding hydrogens is 473 g/mol. The summed E-state index contributed by atoms with van der Waals surface area (Å²) < 4.78 is 70.3. The van der Waals surface area contributed by atoms with Gasteiger partial charge in [0.05, 0.1) is 14.2 Å². The van der Waals surface area contributed by atoms with Crippen LogP contribution in [0.4, 0.5) is 8.78 Å². The fraction of sp³-hybridized carbons (Fsp3) is 0.444. The summed E-state index contributed by atoms with van der Waals surface area (Å²) in [5, 5.41) is 20.5. The first-order chi connectivity index (χ1) is 15.3. The second-order valence-corrected chi connectivity index (χ2v) is 9.38. The standard InChI is InChI=1S/C18H19F2N2O8PS/c1-8-3-9(2)13-10(4-8)6-27-31(26,30-13)28-7-18(20)14(24)12(23)16(29-18)22-5-11(19)15(32)21-17(22)25/h3-5,12,14,16,23-24H,6-7H2,1-2H3,(H,21,25,32)/t12-,14+,16-,18-,31?/m1/s1/i16D. The van der Waals surface area contributed by atoms with E-state index in [9.17, 15) is 24.0 Å². The molecule has 1 saturated heterocycles. The van der Waals surface area contributed by atoms with Crippen LogP contribution in [0, 0.1) is 24.3 Å². The van der Waals surface area contributed by atoms with E-state index in [-0.39, 0.29) is 16.9 Å². The molecule has 4 rings (SSSR count). The third-order valence-electron chi connectivity index (χ3n) is 4.90. The number of fused-ring (bicyclic) bond motifs is 1. The number of aliphatic hydroxyl groups is 2. The van der Waals surface area contributed by atoms with Crippen LogP contribution < -0.4 is 10.2 Å². The Kier molecular flexibility index (Phi) is 5.53. The Labute approximate surface area is 186 Å². The van der Waals surface area contributed by atoms with E-state index in [1.165, 1.54) is 0 Å². The Morgan fingerprint density at radius 2 is 2.19 bits per heavy atom. The molecule has 2 aliphatic heterocycles. The number of nitrogens with zero attached hydrogens (tertiary/aromatic N) is 1. The Hall–Kier alpha value is -1.99. The summed E-state index contributed by atoms with van der Waals surface area (Å²) in [7, 11) is -4.39. The topological polar surface area (TPSA) is 132 Å². The normalized spacial score (nSPS) is 34.6. The van der Waals surface area contributed by atoms with Crippen molar-refractivity contribution in [2.24, 2.45) is 0 Å². The number of H-pyrrole nitrogens is 1. The van der Waals surface area contributed by atoms with Gasteiger partial charge in [-0.1, -0.05) is 29.9 Å². The van der Waals surface area contributed by atoms with Crippen LogP contribution in [0.1, 0.15) is 24.3 Å². The average molecular weight is 493 g/mol. The third-order valence-corrected chi connectivity index (χ3v) is 6.49. The van der Waals surface area contributed by atoms with Crippen molar-refractivity contribution in [3.05, 3.63) is 56.0 Å². The highest BCUT2D eigenvalue weighted by Gasteiger charge is 2.57. The summed E-state index contributed by atoms with van der Waals surface area (Å²) in [6.45, 7) is 2.07. The van der Waals surface area contributed by atoms with Crippen LogP contribution >= 0.6 is 20.0 Å². The molecule has 10 nitrogen and oxygen atoms in total. The van der Waals surface area contributed by atoms with Gasteiger partial charge in [-0.25, -0.2) is 18.1 Å². The lowest BCUT2D eigenvalue weighted by atomic mass is 10.1. The number of aromatic amines is 1. The summed E-state index contributed by atoms with van der Waals surface area (Å²) in [4.78, 5) is 14.0. The van der Waals surface area contributed by atoms with Crippen molar-refractivity contribution in [2.45, 2.75) is 44.7 Å². The zero-order chi connectivity index (χ0) is 24.3. The van der Waals surface area contributed by atoms with Crippen LogP contribution in [0.2, 0.25) is 0 Å². The highest BCUT2D eigenvalue weighted by molar-refractivity contribution is 7.71. The van der Waals surface area contributed by atoms with E-state index in [2.05, 4.69) is 12.2 Å². The minimum atomic E-state index is -4.39. The molecule has 1 aromatic heterocycles. The molecule has 2 aliphatic rings. The van der Waals surface area contributed by atoms with E-state index in [0.29, 0.717) is 17.3 Å². The molecule has 3 N–H and O–H groups in total. The van der Waals surface area contributed by atoms with E-state index in [0.717, 1.165) is 5.56 Å². The maximum absolute atomic E-state index is 15.5. The van der Waals surface area contributed by atoms with Crippen molar-refractivity contribution in [3.8, 4) is 5.75 Å². The van der Waals surface area contributed by atoms with Crippen molar-refractivity contribution >= 4 is 20.0 Å². The Balaban J connectivity index is 1.58. The van der Waals surface area contributed by atoms with Crippen molar-refractivity contribution in [2.75, 3.05) is 6.61 Å². The van der Waals surface area contributed by atoms with Gasteiger partial charge in [-0.05, 0) is 19.4 Å². The Morgan fingerprint density at radius 1 is 1.47 bits per heavy atom. The molecule has 3 heterocycles. The molecule has 0 radical (unpaired) electrons. The zero-order valence-corrected chi connectivity index (χ0v) is 18.4. The van der Waals surface area contributed by atoms with E-state index in [1.54, 1.807) is 19.1 Å². The molecule has 0 aliphatic carbocycles. The Morgan fingerprint density at radius 3 is 2.91 bits per heavy atom. The van der Waals surface area contributed by atoms with Gasteiger partial charge < -0.3 is 19.5 Å². The predicted molar refractivity (Wildman–Crippen MR) is 107 cm³/mol. The quantitative estimate of drug-likeness (QED) is 0.434. The number of benzene rings is 1. The molecule has 32 heavy (non-hydrogen) atoms. The summed E-state index contributed by atoms with van der Waals surface area (Å²) in [6, 6.07) is 3.51. The van der Waals surface area contributed by atoms with Gasteiger partial charge in [0.1, 0.15) is 29.2 Å². The van der Waals surface area contributed by atoms with Crippen LogP contribution in [0.3, 0.4) is 0 Å². The third kappa shape index (κ3) is 4.05. The van der Waals surface area contributed by atoms with Crippen LogP contribution in [-0.4, -0.2) is 44.4 Å². The first-order valence-corrected chi connectivity index (χ1v) is 11.1. The number of aromatic nitrogens is 2. The summed E-state index contributed by atoms with van der Waals surface area (Å²) in [6.07, 6.45) is -7.43. The van der Waals surface area contributed by atoms with Crippen molar-refractivity contribution in [1.29, 1.82) is 0 Å². The number of nitrogens with one attached hydrogen (secondary N) is 1. The SMILES string of the molecule is [2H][C@@]1(n2cc(F)c(=S)[nH]c2=O)O[C@](F)(COP2(=O)OCc3cc(C)cc(C)c3O2)[C@@H](O)[C@H]1O. The molecule has 14 heteroatoms. The van der Waals surface area contributed by atoms with Gasteiger partial charge >= 0.3 is 13.5 Å². The molecule has 0 amide bonds. The Bertz CT molecular complexity index is 1290. The number of aliphatic hydroxyl groups excluding tert-OH is 2. The summed E-state index contributed by atoms with van der Waals surface area (Å²) in [5.41, 5.74) is 0.933. The fourth-order valence-corrected chi connectivity index (χ4v) is 4.82. The van der Waals surface area contributed by atoms with Crippen LogP contribution in [-0.2, 0) is 25.0 Å². The number of phosphoric acid groups is 1. The van der Waals surface area contributed by atoms with E-state index in [1.807, 2.05) is 11.9 Å². The first kappa shape index (κ1) is 21.8. The number of hydrogen-bond acceptors (Lipinski definition) is 9. The first-order valence-electron chi connectivity index (χ1n) is 9.74. The van der Waals surface area contributed by atoms with Crippen LogP contribution in [0.15, 0.2) is 23.1 Å². The molecule has 174 valence electrons. The van der Waals surface area contributed by atoms with E-state index < -0.39 is 54.8 Å². The van der Waals surface area contributed by atoms with Crippen molar-refractivity contribution in [3.63, 3.8) is 0 Å². The molecular formula is C18H19F2N2O8PS. The minimum Gasteiger partial charge on any atom is -0.403 e. The molecule has 1 unspecified atom stereocenters. The number of halogens is 2. The van der Waals surface area contributed by atoms with Crippen molar-refractivity contribution in [1.82, 2.24) is 9.55 Å². The second kappa shape index (κ2) is 8.10. The minimum absolute atomic E-state index is 0.166. The summed E-state index contributed by atoms with van der Waals surface area (Å²) >= 11 is 4.57. The van der Waals surface area contributed by atoms with Crippen LogP contribution in [0.5, 0.6) is 5.75 Å². The lowest BCUT2D eigenvalue weighted by Gasteiger charge is -2.29. The average Bonchev–Trinajstić information content (AvgIpc) is 2.91. The van der Waals surface area contributed by atoms with Crippen molar-refractivity contribution < 1.29 is 43.2 Å². The lowest BCUT2D eigenvalue weighted by Crippen LogP contribution is -2.43. The maximum atomic E-state index is 15.5. The smallest absolute Gasteiger partial charge is 0.403 e. The number of alkyl halides is 1. The van der Waals surface area contributed by atoms with Gasteiger partial charge in [0.25, 0.3) is 5.85 Å². The van der Waals surface area contributed by atoms with Gasteiger partial charge in [0, 0.05) is 5.56 Å². The largest absolute Gasteiger partial charge is 0.530 e. The monoisotopic (exact) mass is 493 g/mol. The number of hydrogen-bond donors (Lipinski definition) is 3. The maximum Gasteiger partial charge on any atom is 0.530 e. The molecule has 0 saturated carbocycles. The van der Waals surface area contributed by atoms with E-state index in [4.69, 9.17) is 19.7 Å². The number of rotatable bonds is 4. The van der Waals surface area contributed by atoms with Gasteiger partial charge in [-0.2, -0.15) is 0 Å². The fourth-order valence-electron chi connectivity index (χ4n) is 3.38. The van der Waals surface area contributed by atoms with Crippen LogP contribution in [0.25, 0.3) is 0 Å². The molecule has 2 aromatic rings. The predicted octanol–water partition coefficient (Wildman–Crippen LogP) is 2.31. The molecule has 1 fully saturated rings. The zero-order valence-electron chi connectivity index (χ0n) is 17.7. The number of aryl methyl sites for hydroxylation is 2. The van der Waals surface area contributed by atoms with E-state index >= 15 is 4.39 Å².